The van der Waals surface area contributed by atoms with Crippen LogP contribution in [0.4, 0.5) is 22.4 Å². The highest BCUT2D eigenvalue weighted by Gasteiger charge is 2.41. The third-order valence-electron chi connectivity index (χ3n) is 1.39. The number of ether oxygens (including phenoxy) is 1. The number of hydrogen-bond donors (Lipinski definition) is 1. The van der Waals surface area contributed by atoms with Gasteiger partial charge in [0.1, 0.15) is 0 Å². The fraction of sp³-hybridized carbons (Fsp3) is 0.333. The summed E-state index contributed by atoms with van der Waals surface area (Å²) in [6, 6.07) is 0. The van der Waals surface area contributed by atoms with Gasteiger partial charge in [-0.3, -0.25) is 0 Å². The molecule has 1 heterocycles. The summed E-state index contributed by atoms with van der Waals surface area (Å²) < 4.78 is 53.4. The number of aryl methyl sites for hydroxylation is 1. The minimum Gasteiger partial charge on any atom is -0.449 e. The van der Waals surface area contributed by atoms with Gasteiger partial charge in [-0.1, -0.05) is 0 Å². The number of aromatic nitrogens is 2. The molecule has 0 aliphatic heterocycles. The van der Waals surface area contributed by atoms with Crippen LogP contribution in [0.25, 0.3) is 0 Å². The Balaban J connectivity index is 3.27. The SMILES string of the molecule is Cn1nc(C(F)(F)F)c(OC(=O)O)c1F. The predicted octanol–water partition coefficient (Wildman–Crippen LogP) is 1.63. The molecule has 1 rings (SSSR count). The van der Waals surface area contributed by atoms with E-state index >= 15 is 0 Å². The average molecular weight is 228 g/mol. The molecule has 0 atom stereocenters. The molecule has 84 valence electrons. The van der Waals surface area contributed by atoms with E-state index in [4.69, 9.17) is 5.11 Å². The summed E-state index contributed by atoms with van der Waals surface area (Å²) >= 11 is 0. The molecule has 0 spiro atoms. The number of alkyl halides is 3. The van der Waals surface area contributed by atoms with Crippen molar-refractivity contribution >= 4 is 6.16 Å². The summed E-state index contributed by atoms with van der Waals surface area (Å²) in [7, 11) is 0.888. The van der Waals surface area contributed by atoms with Crippen LogP contribution in [-0.4, -0.2) is 21.0 Å². The molecule has 1 aromatic rings. The van der Waals surface area contributed by atoms with E-state index in [1.807, 2.05) is 0 Å². The lowest BCUT2D eigenvalue weighted by molar-refractivity contribution is -0.142. The first-order valence-corrected chi connectivity index (χ1v) is 3.44. The molecule has 5 nitrogen and oxygen atoms in total. The first kappa shape index (κ1) is 11.3. The molecule has 0 aliphatic carbocycles. The van der Waals surface area contributed by atoms with Crippen LogP contribution in [0.5, 0.6) is 5.75 Å². The van der Waals surface area contributed by atoms with Crippen molar-refractivity contribution in [2.24, 2.45) is 7.05 Å². The van der Waals surface area contributed by atoms with Gasteiger partial charge in [0.25, 0.3) is 5.95 Å². The van der Waals surface area contributed by atoms with E-state index in [1.54, 1.807) is 0 Å². The predicted molar refractivity (Wildman–Crippen MR) is 36.8 cm³/mol. The molecule has 0 saturated heterocycles. The lowest BCUT2D eigenvalue weighted by atomic mass is 10.4. The molecule has 0 radical (unpaired) electrons. The van der Waals surface area contributed by atoms with Gasteiger partial charge >= 0.3 is 12.3 Å². The Morgan fingerprint density at radius 1 is 1.53 bits per heavy atom. The molecule has 0 saturated carbocycles. The first-order valence-electron chi connectivity index (χ1n) is 3.44. The van der Waals surface area contributed by atoms with E-state index < -0.39 is 29.7 Å². The minimum atomic E-state index is -4.98. The zero-order chi connectivity index (χ0) is 11.8. The molecule has 1 N–H and O–H groups in total. The van der Waals surface area contributed by atoms with Crippen LogP contribution < -0.4 is 4.74 Å². The number of nitrogens with zero attached hydrogens (tertiary/aromatic N) is 2. The summed E-state index contributed by atoms with van der Waals surface area (Å²) in [5.74, 6) is -2.96. The van der Waals surface area contributed by atoms with Crippen molar-refractivity contribution < 1.29 is 32.2 Å². The van der Waals surface area contributed by atoms with Crippen molar-refractivity contribution in [2.75, 3.05) is 0 Å². The molecule has 9 heteroatoms. The smallest absolute Gasteiger partial charge is 0.449 e. The molecule has 0 bridgehead atoms. The fourth-order valence-electron chi connectivity index (χ4n) is 0.847. The Labute approximate surface area is 79.9 Å². The largest absolute Gasteiger partial charge is 0.511 e. The molecule has 15 heavy (non-hydrogen) atoms. The van der Waals surface area contributed by atoms with Gasteiger partial charge in [0.05, 0.1) is 0 Å². The molecule has 1 aromatic heterocycles. The summed E-state index contributed by atoms with van der Waals surface area (Å²) in [6.45, 7) is 0. The van der Waals surface area contributed by atoms with Gasteiger partial charge in [-0.25, -0.2) is 9.48 Å². The molecule has 0 fully saturated rings. The van der Waals surface area contributed by atoms with E-state index in [0.29, 0.717) is 0 Å². The highest BCUT2D eigenvalue weighted by Crippen LogP contribution is 2.36. The Kier molecular flexibility index (Phi) is 2.56. The maximum atomic E-state index is 12.9. The second kappa shape index (κ2) is 3.41. The van der Waals surface area contributed by atoms with Crippen LogP contribution in [0, 0.1) is 5.95 Å². The zero-order valence-corrected chi connectivity index (χ0v) is 7.17. The van der Waals surface area contributed by atoms with Crippen LogP contribution in [0.1, 0.15) is 5.69 Å². The van der Waals surface area contributed by atoms with Crippen LogP contribution in [-0.2, 0) is 13.2 Å². The zero-order valence-electron chi connectivity index (χ0n) is 7.17. The van der Waals surface area contributed by atoms with Gasteiger partial charge in [0.2, 0.25) is 11.4 Å². The van der Waals surface area contributed by atoms with Gasteiger partial charge in [0.15, 0.2) is 0 Å². The number of rotatable bonds is 1. The number of hydrogen-bond acceptors (Lipinski definition) is 3. The van der Waals surface area contributed by atoms with Gasteiger partial charge in [-0.15, -0.1) is 0 Å². The van der Waals surface area contributed by atoms with E-state index in [9.17, 15) is 22.4 Å². The molecular weight excluding hydrogens is 224 g/mol. The summed E-state index contributed by atoms with van der Waals surface area (Å²) in [6.07, 6.45) is -7.03. The van der Waals surface area contributed by atoms with Crippen molar-refractivity contribution in [3.63, 3.8) is 0 Å². The Bertz CT molecular complexity index is 398. The van der Waals surface area contributed by atoms with Gasteiger partial charge in [0, 0.05) is 7.05 Å². The minimum absolute atomic E-state index is 0.237. The topological polar surface area (TPSA) is 64.4 Å². The summed E-state index contributed by atoms with van der Waals surface area (Å²) in [5, 5.41) is 10.9. The van der Waals surface area contributed by atoms with E-state index in [1.165, 1.54) is 0 Å². The number of carboxylic acid groups (broad SMARTS) is 1. The van der Waals surface area contributed by atoms with Gasteiger partial charge in [-0.05, 0) is 0 Å². The molecular formula is C6H4F4N2O3. The summed E-state index contributed by atoms with van der Waals surface area (Å²) in [5.41, 5.74) is -1.72. The molecule has 0 unspecified atom stereocenters. The monoisotopic (exact) mass is 228 g/mol. The Morgan fingerprint density at radius 2 is 2.07 bits per heavy atom. The highest BCUT2D eigenvalue weighted by atomic mass is 19.4. The van der Waals surface area contributed by atoms with E-state index in [-0.39, 0.29) is 4.68 Å². The maximum Gasteiger partial charge on any atom is 0.511 e. The lowest BCUT2D eigenvalue weighted by Gasteiger charge is -2.03. The standard InChI is InChI=1S/C6H4F4N2O3/c1-12-4(7)2(15-5(13)14)3(11-12)6(8,9)10/h1H3,(H,13,14). The molecule has 0 amide bonds. The van der Waals surface area contributed by atoms with Crippen LogP contribution in [0.15, 0.2) is 0 Å². The highest BCUT2D eigenvalue weighted by molar-refractivity contribution is 5.61. The van der Waals surface area contributed by atoms with Crippen LogP contribution in [0.3, 0.4) is 0 Å². The van der Waals surface area contributed by atoms with E-state index in [0.717, 1.165) is 7.05 Å². The van der Waals surface area contributed by atoms with Crippen molar-refractivity contribution in [3.05, 3.63) is 11.6 Å². The van der Waals surface area contributed by atoms with E-state index in [2.05, 4.69) is 9.84 Å². The van der Waals surface area contributed by atoms with Crippen molar-refractivity contribution in [2.45, 2.75) is 6.18 Å². The quantitative estimate of drug-likeness (QED) is 0.586. The van der Waals surface area contributed by atoms with Crippen LogP contribution in [0.2, 0.25) is 0 Å². The maximum absolute atomic E-state index is 12.9. The third kappa shape index (κ3) is 2.17. The second-order valence-electron chi connectivity index (χ2n) is 2.46. The normalized spacial score (nSPS) is 11.5. The van der Waals surface area contributed by atoms with Crippen molar-refractivity contribution in [1.82, 2.24) is 9.78 Å². The number of halogens is 4. The van der Waals surface area contributed by atoms with Gasteiger partial charge in [-0.2, -0.15) is 22.7 Å². The fourth-order valence-corrected chi connectivity index (χ4v) is 0.847. The first-order chi connectivity index (χ1) is 6.73. The average Bonchev–Trinajstić information content (AvgIpc) is 2.30. The number of carbonyl (C=O) groups is 1. The molecule has 0 aliphatic rings. The van der Waals surface area contributed by atoms with Crippen molar-refractivity contribution in [1.29, 1.82) is 0 Å². The van der Waals surface area contributed by atoms with Gasteiger partial charge < -0.3 is 9.84 Å². The second-order valence-corrected chi connectivity index (χ2v) is 2.46. The third-order valence-corrected chi connectivity index (χ3v) is 1.39. The van der Waals surface area contributed by atoms with Crippen molar-refractivity contribution in [3.8, 4) is 5.75 Å². The Hall–Kier alpha value is -1.80. The lowest BCUT2D eigenvalue weighted by Crippen LogP contribution is -2.11. The Morgan fingerprint density at radius 3 is 2.47 bits per heavy atom. The van der Waals surface area contributed by atoms with Crippen LogP contribution >= 0.6 is 0 Å². The summed E-state index contributed by atoms with van der Waals surface area (Å²) in [4.78, 5) is 10.0. The molecule has 0 aromatic carbocycles.